The minimum Gasteiger partial charge on any atom is -0.257 e. The lowest BCUT2D eigenvalue weighted by Gasteiger charge is -2.16. The van der Waals surface area contributed by atoms with E-state index in [2.05, 4.69) is 83.9 Å². The Morgan fingerprint density at radius 3 is 2.21 bits per heavy atom. The summed E-state index contributed by atoms with van der Waals surface area (Å²) in [5.74, 6) is 0. The van der Waals surface area contributed by atoms with Crippen LogP contribution in [0.5, 0.6) is 0 Å². The van der Waals surface area contributed by atoms with Gasteiger partial charge in [-0.2, -0.15) is 0 Å². The van der Waals surface area contributed by atoms with Crippen LogP contribution in [0.1, 0.15) is 22.3 Å². The van der Waals surface area contributed by atoms with E-state index in [0.717, 1.165) is 17.5 Å². The van der Waals surface area contributed by atoms with Gasteiger partial charge in [0.05, 0.1) is 5.52 Å². The van der Waals surface area contributed by atoms with Crippen LogP contribution in [-0.2, 0) is 6.42 Å². The van der Waals surface area contributed by atoms with E-state index in [0.29, 0.717) is 0 Å². The van der Waals surface area contributed by atoms with Gasteiger partial charge in [0.15, 0.2) is 0 Å². The molecule has 0 fully saturated rings. The van der Waals surface area contributed by atoms with E-state index in [-0.39, 0.29) is 0 Å². The highest BCUT2D eigenvalue weighted by atomic mass is 15.3. The van der Waals surface area contributed by atoms with Crippen LogP contribution in [0.15, 0.2) is 60.7 Å². The highest BCUT2D eigenvalue weighted by Crippen LogP contribution is 2.36. The van der Waals surface area contributed by atoms with Gasteiger partial charge in [0.2, 0.25) is 0 Å². The molecule has 0 amide bonds. The van der Waals surface area contributed by atoms with Gasteiger partial charge >= 0.3 is 0 Å². The first-order valence-corrected chi connectivity index (χ1v) is 8.18. The minimum atomic E-state index is 0.889. The number of benzene rings is 3. The molecule has 118 valence electrons. The number of hydrogen-bond donors (Lipinski definition) is 1. The van der Waals surface area contributed by atoms with Crippen LogP contribution in [0.25, 0.3) is 22.2 Å². The smallest absolute Gasteiger partial charge is 0.121 e. The van der Waals surface area contributed by atoms with Crippen molar-refractivity contribution in [2.24, 2.45) is 0 Å². The molecule has 0 aliphatic rings. The monoisotopic (exact) mass is 313 g/mol. The normalized spacial score (nSPS) is 11.1. The van der Waals surface area contributed by atoms with Gasteiger partial charge in [0.1, 0.15) is 5.52 Å². The van der Waals surface area contributed by atoms with Crippen molar-refractivity contribution in [2.75, 3.05) is 0 Å². The van der Waals surface area contributed by atoms with Gasteiger partial charge in [-0.25, -0.2) is 0 Å². The predicted octanol–water partition coefficient (Wildman–Crippen LogP) is 4.83. The second-order valence-electron chi connectivity index (χ2n) is 6.17. The molecule has 0 atom stereocenters. The zero-order valence-electron chi connectivity index (χ0n) is 13.9. The van der Waals surface area contributed by atoms with Crippen molar-refractivity contribution in [1.82, 2.24) is 15.4 Å². The number of aromatic nitrogens is 3. The van der Waals surface area contributed by atoms with E-state index in [4.69, 9.17) is 0 Å². The van der Waals surface area contributed by atoms with Crippen molar-refractivity contribution in [2.45, 2.75) is 20.3 Å². The first-order chi connectivity index (χ1) is 11.8. The van der Waals surface area contributed by atoms with Gasteiger partial charge in [-0.05, 0) is 48.1 Å². The average molecular weight is 313 g/mol. The summed E-state index contributed by atoms with van der Waals surface area (Å²) in [5, 5.41) is 11.5. The molecule has 0 aliphatic heterocycles. The number of fused-ring (bicyclic) bond motifs is 1. The number of H-pyrrole nitrogens is 1. The molecule has 0 bridgehead atoms. The Hall–Kier alpha value is -2.94. The molecule has 4 aromatic rings. The van der Waals surface area contributed by atoms with Crippen LogP contribution in [0.3, 0.4) is 0 Å². The molecule has 3 heteroatoms. The number of aryl methyl sites for hydroxylation is 1. The molecule has 1 heterocycles. The molecule has 1 aromatic heterocycles. The first kappa shape index (κ1) is 14.6. The lowest BCUT2D eigenvalue weighted by atomic mass is 9.88. The molecule has 3 nitrogen and oxygen atoms in total. The minimum absolute atomic E-state index is 0.889. The van der Waals surface area contributed by atoms with Crippen molar-refractivity contribution in [3.63, 3.8) is 0 Å². The number of rotatable bonds is 3. The predicted molar refractivity (Wildman–Crippen MR) is 98.0 cm³/mol. The molecule has 0 aliphatic carbocycles. The number of nitrogens with one attached hydrogen (secondary N) is 1. The van der Waals surface area contributed by atoms with Gasteiger partial charge in [0.25, 0.3) is 0 Å². The molecule has 3 aromatic carbocycles. The largest absolute Gasteiger partial charge is 0.257 e. The number of hydrogen-bond acceptors (Lipinski definition) is 2. The average Bonchev–Trinajstić information content (AvgIpc) is 3.11. The SMILES string of the molecule is Cc1c(Cc2ccccc2)c(-c2ccccc2)c2nn[nH]c2c1C. The van der Waals surface area contributed by atoms with E-state index < -0.39 is 0 Å². The zero-order chi connectivity index (χ0) is 16.5. The molecule has 0 saturated carbocycles. The Kier molecular flexibility index (Phi) is 3.62. The summed E-state index contributed by atoms with van der Waals surface area (Å²) in [4.78, 5) is 0. The van der Waals surface area contributed by atoms with E-state index in [1.807, 2.05) is 6.07 Å². The Balaban J connectivity index is 2.02. The molecule has 0 saturated heterocycles. The summed E-state index contributed by atoms with van der Waals surface area (Å²) in [6.45, 7) is 4.33. The summed E-state index contributed by atoms with van der Waals surface area (Å²) in [5.41, 5.74) is 9.51. The molecular weight excluding hydrogens is 294 g/mol. The fourth-order valence-corrected chi connectivity index (χ4v) is 3.35. The second kappa shape index (κ2) is 5.93. The maximum absolute atomic E-state index is 4.39. The highest BCUT2D eigenvalue weighted by Gasteiger charge is 2.18. The van der Waals surface area contributed by atoms with Crippen molar-refractivity contribution < 1.29 is 0 Å². The fraction of sp³-hybridized carbons (Fsp3) is 0.143. The first-order valence-electron chi connectivity index (χ1n) is 8.18. The van der Waals surface area contributed by atoms with Gasteiger partial charge in [-0.3, -0.25) is 5.10 Å². The quantitative estimate of drug-likeness (QED) is 0.588. The third-order valence-corrected chi connectivity index (χ3v) is 4.76. The van der Waals surface area contributed by atoms with Crippen molar-refractivity contribution in [3.05, 3.63) is 82.9 Å². The van der Waals surface area contributed by atoms with Gasteiger partial charge in [-0.1, -0.05) is 65.9 Å². The standard InChI is InChI=1S/C21H19N3/c1-14-15(2)20-21(23-24-22-20)19(17-11-7-4-8-12-17)18(14)13-16-9-5-3-6-10-16/h3-12H,13H2,1-2H3,(H,22,23,24). The third-order valence-electron chi connectivity index (χ3n) is 4.76. The van der Waals surface area contributed by atoms with Crippen LogP contribution in [0.2, 0.25) is 0 Å². The summed E-state index contributed by atoms with van der Waals surface area (Å²) in [6.07, 6.45) is 0.889. The van der Waals surface area contributed by atoms with E-state index in [1.54, 1.807) is 0 Å². The molecule has 1 N–H and O–H groups in total. The van der Waals surface area contributed by atoms with E-state index in [9.17, 15) is 0 Å². The second-order valence-corrected chi connectivity index (χ2v) is 6.17. The number of nitrogens with zero attached hydrogens (tertiary/aromatic N) is 2. The molecule has 0 radical (unpaired) electrons. The van der Waals surface area contributed by atoms with Crippen LogP contribution in [0, 0.1) is 13.8 Å². The lowest BCUT2D eigenvalue weighted by molar-refractivity contribution is 0.958. The van der Waals surface area contributed by atoms with Crippen LogP contribution < -0.4 is 0 Å². The third kappa shape index (κ3) is 2.38. The molecule has 4 rings (SSSR count). The Bertz CT molecular complexity index is 986. The van der Waals surface area contributed by atoms with E-state index >= 15 is 0 Å². The summed E-state index contributed by atoms with van der Waals surface area (Å²) >= 11 is 0. The van der Waals surface area contributed by atoms with E-state index in [1.165, 1.54) is 33.4 Å². The van der Waals surface area contributed by atoms with Gasteiger partial charge < -0.3 is 0 Å². The zero-order valence-corrected chi connectivity index (χ0v) is 13.9. The Labute approximate surface area is 141 Å². The topological polar surface area (TPSA) is 41.6 Å². The number of aromatic amines is 1. The molecule has 0 unspecified atom stereocenters. The van der Waals surface area contributed by atoms with Crippen molar-refractivity contribution in [3.8, 4) is 11.1 Å². The maximum Gasteiger partial charge on any atom is 0.121 e. The van der Waals surface area contributed by atoms with Crippen LogP contribution in [0.4, 0.5) is 0 Å². The Morgan fingerprint density at radius 1 is 0.833 bits per heavy atom. The summed E-state index contributed by atoms with van der Waals surface area (Å²) < 4.78 is 0. The van der Waals surface area contributed by atoms with Crippen LogP contribution >= 0.6 is 0 Å². The van der Waals surface area contributed by atoms with Crippen molar-refractivity contribution in [1.29, 1.82) is 0 Å². The Morgan fingerprint density at radius 2 is 1.50 bits per heavy atom. The van der Waals surface area contributed by atoms with Crippen molar-refractivity contribution >= 4 is 11.0 Å². The van der Waals surface area contributed by atoms with Gasteiger partial charge in [0, 0.05) is 5.56 Å². The highest BCUT2D eigenvalue weighted by molar-refractivity contribution is 5.96. The van der Waals surface area contributed by atoms with Crippen LogP contribution in [-0.4, -0.2) is 15.4 Å². The molecule has 0 spiro atoms. The summed E-state index contributed by atoms with van der Waals surface area (Å²) in [7, 11) is 0. The lowest BCUT2D eigenvalue weighted by Crippen LogP contribution is -2.00. The molecular formula is C21H19N3. The van der Waals surface area contributed by atoms with Gasteiger partial charge in [-0.15, -0.1) is 5.10 Å². The maximum atomic E-state index is 4.39. The molecule has 24 heavy (non-hydrogen) atoms. The summed E-state index contributed by atoms with van der Waals surface area (Å²) in [6, 6.07) is 21.1. The fourth-order valence-electron chi connectivity index (χ4n) is 3.35.